The summed E-state index contributed by atoms with van der Waals surface area (Å²) >= 11 is 2.01. The molecule has 0 spiro atoms. The number of nitrogens with zero attached hydrogens (tertiary/aromatic N) is 4. The Morgan fingerprint density at radius 3 is 2.57 bits per heavy atom. The highest BCUT2D eigenvalue weighted by molar-refractivity contribution is 14.1. The molecule has 1 atom stereocenters. The Bertz CT molecular complexity index is 979. The third-order valence-corrected chi connectivity index (χ3v) is 5.07. The Morgan fingerprint density at radius 2 is 1.97 bits per heavy atom. The van der Waals surface area contributed by atoms with E-state index < -0.39 is 18.1 Å². The molecule has 0 aliphatic carbocycles. The van der Waals surface area contributed by atoms with Crippen LogP contribution in [-0.2, 0) is 11.3 Å². The lowest BCUT2D eigenvalue weighted by Gasteiger charge is -2.40. The molecule has 0 bridgehead atoms. The Hall–Kier alpha value is -2.66. The van der Waals surface area contributed by atoms with Crippen molar-refractivity contribution in [1.82, 2.24) is 9.80 Å². The number of ether oxygens (including phenoxy) is 1. The zero-order valence-corrected chi connectivity index (χ0v) is 18.9. The van der Waals surface area contributed by atoms with Gasteiger partial charge in [0.05, 0.1) is 25.7 Å². The van der Waals surface area contributed by atoms with Crippen molar-refractivity contribution in [3.63, 3.8) is 0 Å². The normalized spacial score (nSPS) is 16.8. The predicted octanol–water partition coefficient (Wildman–Crippen LogP) is 2.99. The van der Waals surface area contributed by atoms with E-state index in [1.807, 2.05) is 22.6 Å². The largest absolute Gasteiger partial charge is 0.497 e. The minimum absolute atomic E-state index is 0.123. The lowest BCUT2D eigenvalue weighted by atomic mass is 10.2. The van der Waals surface area contributed by atoms with Gasteiger partial charge in [-0.05, 0) is 58.5 Å². The van der Waals surface area contributed by atoms with Crippen molar-refractivity contribution < 1.29 is 19.0 Å². The fourth-order valence-corrected chi connectivity index (χ4v) is 3.37. The molecule has 1 N–H and O–H groups in total. The maximum absolute atomic E-state index is 14.8. The van der Waals surface area contributed by atoms with E-state index >= 15 is 0 Å². The van der Waals surface area contributed by atoms with Gasteiger partial charge in [0, 0.05) is 23.7 Å². The van der Waals surface area contributed by atoms with E-state index in [1.165, 1.54) is 28.3 Å². The predicted molar refractivity (Wildman–Crippen MR) is 121 cm³/mol. The summed E-state index contributed by atoms with van der Waals surface area (Å²) in [7, 11) is 5.12. The summed E-state index contributed by atoms with van der Waals surface area (Å²) in [4.78, 5) is 21.3. The smallest absolute Gasteiger partial charge is 0.254 e. The first kappa shape index (κ1) is 22.0. The second-order valence-corrected chi connectivity index (χ2v) is 8.08. The zero-order chi connectivity index (χ0) is 21.8. The fourth-order valence-electron chi connectivity index (χ4n) is 2.92. The highest BCUT2D eigenvalue weighted by atomic mass is 127. The Morgan fingerprint density at radius 1 is 1.27 bits per heavy atom. The number of methoxy groups -OCH3 is 1. The molecule has 0 fully saturated rings. The van der Waals surface area contributed by atoms with Crippen LogP contribution < -0.4 is 9.64 Å². The molecule has 7 nitrogen and oxygen atoms in total. The number of hydrogen-bond donors (Lipinski definition) is 1. The Labute approximate surface area is 188 Å². The number of aliphatic imine (C=N–C) groups is 1. The molecule has 0 saturated heterocycles. The minimum atomic E-state index is -1.44. The van der Waals surface area contributed by atoms with Crippen LogP contribution in [-0.4, -0.2) is 54.7 Å². The topological polar surface area (TPSA) is 68.6 Å². The van der Waals surface area contributed by atoms with Gasteiger partial charge in [0.25, 0.3) is 5.91 Å². The summed E-state index contributed by atoms with van der Waals surface area (Å²) in [6, 6.07) is 11.8. The van der Waals surface area contributed by atoms with Gasteiger partial charge in [-0.3, -0.25) is 14.6 Å². The monoisotopic (exact) mass is 524 g/mol. The van der Waals surface area contributed by atoms with Crippen LogP contribution in [0.5, 0.6) is 5.75 Å². The molecule has 2 aromatic rings. The van der Waals surface area contributed by atoms with Gasteiger partial charge in [-0.2, -0.15) is 0 Å². The number of carbonyl (C=O) groups is 1. The number of benzene rings is 2. The summed E-state index contributed by atoms with van der Waals surface area (Å²) in [5.41, 5.74) is 0.914. The van der Waals surface area contributed by atoms with E-state index in [4.69, 9.17) is 4.74 Å². The van der Waals surface area contributed by atoms with Gasteiger partial charge in [-0.15, -0.1) is 0 Å². The van der Waals surface area contributed by atoms with Crippen LogP contribution in [0.1, 0.15) is 5.56 Å². The van der Waals surface area contributed by atoms with E-state index in [0.29, 0.717) is 9.32 Å². The number of aliphatic hydroxyl groups is 1. The molecule has 0 radical (unpaired) electrons. The molecule has 0 saturated carbocycles. The van der Waals surface area contributed by atoms with Crippen LogP contribution in [0, 0.1) is 9.39 Å². The zero-order valence-electron chi connectivity index (χ0n) is 16.8. The SMILES string of the molecule is COc1ccc(CN2C(=O)C=C(N=CN(C)C)N(c3ccc(I)cc3F)C2O)cc1. The standard InChI is InChI=1S/C21H22FIN4O3/c1-25(2)13-24-19-11-20(28)26(12-14-4-7-16(30-3)8-5-14)21(29)27(19)18-9-6-15(23)10-17(18)22/h4-11,13,21,29H,12H2,1-3H3. The van der Waals surface area contributed by atoms with Gasteiger partial charge in [0.15, 0.2) is 0 Å². The fraction of sp³-hybridized carbons (Fsp3) is 0.238. The maximum Gasteiger partial charge on any atom is 0.254 e. The number of anilines is 1. The van der Waals surface area contributed by atoms with E-state index in [1.54, 1.807) is 62.5 Å². The number of rotatable bonds is 6. The van der Waals surface area contributed by atoms with E-state index in [2.05, 4.69) is 4.99 Å². The molecule has 1 unspecified atom stereocenters. The average Bonchev–Trinajstić information content (AvgIpc) is 2.71. The molecular formula is C21H22FIN4O3. The van der Waals surface area contributed by atoms with Crippen molar-refractivity contribution >= 4 is 40.5 Å². The summed E-state index contributed by atoms with van der Waals surface area (Å²) in [5.74, 6) is -0.114. The Balaban J connectivity index is 1.99. The quantitative estimate of drug-likeness (QED) is 0.358. The van der Waals surface area contributed by atoms with Crippen molar-refractivity contribution in [2.24, 2.45) is 4.99 Å². The molecule has 2 aromatic carbocycles. The number of hydrogen-bond acceptors (Lipinski definition) is 5. The first-order valence-corrected chi connectivity index (χ1v) is 10.2. The van der Waals surface area contributed by atoms with Crippen LogP contribution in [0.25, 0.3) is 0 Å². The van der Waals surface area contributed by atoms with E-state index in [-0.39, 0.29) is 18.1 Å². The average molecular weight is 524 g/mol. The van der Waals surface area contributed by atoms with E-state index in [0.717, 1.165) is 5.56 Å². The molecule has 3 rings (SSSR count). The molecular weight excluding hydrogens is 502 g/mol. The first-order chi connectivity index (χ1) is 14.3. The molecule has 158 valence electrons. The van der Waals surface area contributed by atoms with Gasteiger partial charge >= 0.3 is 0 Å². The van der Waals surface area contributed by atoms with Crippen molar-refractivity contribution in [2.45, 2.75) is 12.9 Å². The second-order valence-electron chi connectivity index (χ2n) is 6.84. The maximum atomic E-state index is 14.8. The highest BCUT2D eigenvalue weighted by Gasteiger charge is 2.35. The molecule has 9 heteroatoms. The van der Waals surface area contributed by atoms with Gasteiger partial charge in [0.1, 0.15) is 17.4 Å². The number of carbonyl (C=O) groups excluding carboxylic acids is 1. The summed E-state index contributed by atoms with van der Waals surface area (Å²) in [6.07, 6.45) is 1.34. The third kappa shape index (κ3) is 4.90. The molecule has 1 aliphatic heterocycles. The van der Waals surface area contributed by atoms with Gasteiger partial charge in [-0.25, -0.2) is 9.38 Å². The Kier molecular flexibility index (Phi) is 6.93. The van der Waals surface area contributed by atoms with E-state index in [9.17, 15) is 14.3 Å². The summed E-state index contributed by atoms with van der Waals surface area (Å²) in [6.45, 7) is 0.133. The van der Waals surface area contributed by atoms with Gasteiger partial charge in [0.2, 0.25) is 6.35 Å². The lowest BCUT2D eigenvalue weighted by Crippen LogP contribution is -2.53. The molecule has 1 amide bonds. The van der Waals surface area contributed by atoms with Gasteiger partial charge in [-0.1, -0.05) is 12.1 Å². The van der Waals surface area contributed by atoms with Crippen molar-refractivity contribution in [2.75, 3.05) is 26.1 Å². The van der Waals surface area contributed by atoms with Crippen LogP contribution in [0.4, 0.5) is 10.1 Å². The van der Waals surface area contributed by atoms with Gasteiger partial charge < -0.3 is 14.7 Å². The van der Waals surface area contributed by atoms with Crippen LogP contribution in [0.2, 0.25) is 0 Å². The van der Waals surface area contributed by atoms with Crippen LogP contribution in [0.3, 0.4) is 0 Å². The third-order valence-electron chi connectivity index (χ3n) is 4.39. The van der Waals surface area contributed by atoms with Crippen LogP contribution >= 0.6 is 22.6 Å². The van der Waals surface area contributed by atoms with Crippen molar-refractivity contribution in [3.8, 4) is 5.75 Å². The minimum Gasteiger partial charge on any atom is -0.497 e. The molecule has 1 heterocycles. The van der Waals surface area contributed by atoms with Crippen molar-refractivity contribution in [1.29, 1.82) is 0 Å². The van der Waals surface area contributed by atoms with Crippen LogP contribution in [0.15, 0.2) is 59.4 Å². The number of aliphatic hydroxyl groups excluding tert-OH is 1. The summed E-state index contributed by atoms with van der Waals surface area (Å²) < 4.78 is 20.6. The molecule has 1 aliphatic rings. The first-order valence-electron chi connectivity index (χ1n) is 9.08. The number of amides is 1. The summed E-state index contributed by atoms with van der Waals surface area (Å²) in [5, 5.41) is 11.1. The molecule has 0 aromatic heterocycles. The molecule has 30 heavy (non-hydrogen) atoms. The number of halogens is 2. The second kappa shape index (κ2) is 9.43. The lowest BCUT2D eigenvalue weighted by molar-refractivity contribution is -0.138. The highest BCUT2D eigenvalue weighted by Crippen LogP contribution is 2.31. The van der Waals surface area contributed by atoms with Crippen molar-refractivity contribution in [3.05, 3.63) is 69.3 Å².